The molecule has 28 heavy (non-hydrogen) atoms. The first-order valence-electron chi connectivity index (χ1n) is 10.2. The summed E-state index contributed by atoms with van der Waals surface area (Å²) in [5, 5.41) is 17.4. The van der Waals surface area contributed by atoms with E-state index in [0.29, 0.717) is 18.4 Å². The third kappa shape index (κ3) is 4.50. The molecule has 2 aromatic rings. The van der Waals surface area contributed by atoms with Crippen LogP contribution < -0.4 is 4.90 Å². The number of aromatic nitrogens is 4. The molecule has 8 heteroatoms. The predicted octanol–water partition coefficient (Wildman–Crippen LogP) is 2.37. The summed E-state index contributed by atoms with van der Waals surface area (Å²) in [7, 11) is 0. The van der Waals surface area contributed by atoms with Gasteiger partial charge < -0.3 is 14.1 Å². The number of ether oxygens (including phenoxy) is 1. The maximum absolute atomic E-state index is 5.93. The summed E-state index contributed by atoms with van der Waals surface area (Å²) in [6.07, 6.45) is 1.94. The first-order valence-corrected chi connectivity index (χ1v) is 10.2. The molecule has 0 unspecified atom stereocenters. The SMILES string of the molecule is CC(C)(C)c1ccc(N2CCN(Cc3nnc(C4CCOCC4)o3)CC2)nn1. The molecule has 0 amide bonds. The molecule has 0 saturated carbocycles. The van der Waals surface area contributed by atoms with Crippen molar-refractivity contribution in [2.75, 3.05) is 44.3 Å². The van der Waals surface area contributed by atoms with E-state index in [-0.39, 0.29) is 5.41 Å². The average Bonchev–Trinajstić information content (AvgIpc) is 3.17. The second-order valence-electron chi connectivity index (χ2n) is 8.71. The van der Waals surface area contributed by atoms with Gasteiger partial charge in [-0.05, 0) is 25.0 Å². The molecule has 8 nitrogen and oxygen atoms in total. The Morgan fingerprint density at radius 2 is 1.71 bits per heavy atom. The normalized spacial score (nSPS) is 19.9. The van der Waals surface area contributed by atoms with Gasteiger partial charge in [0, 0.05) is 50.7 Å². The fourth-order valence-corrected chi connectivity index (χ4v) is 3.66. The Kier molecular flexibility index (Phi) is 5.59. The van der Waals surface area contributed by atoms with E-state index in [4.69, 9.17) is 9.15 Å². The molecule has 2 aliphatic heterocycles. The Morgan fingerprint density at radius 3 is 2.36 bits per heavy atom. The van der Waals surface area contributed by atoms with Crippen LogP contribution in [-0.4, -0.2) is 64.7 Å². The Balaban J connectivity index is 1.29. The molecule has 0 radical (unpaired) electrons. The molecule has 0 atom stereocenters. The van der Waals surface area contributed by atoms with E-state index in [1.807, 2.05) is 0 Å². The van der Waals surface area contributed by atoms with Crippen LogP contribution in [0.25, 0.3) is 0 Å². The lowest BCUT2D eigenvalue weighted by molar-refractivity contribution is 0.0788. The smallest absolute Gasteiger partial charge is 0.230 e. The highest BCUT2D eigenvalue weighted by Gasteiger charge is 2.24. The molecule has 4 rings (SSSR count). The molecule has 0 bridgehead atoms. The Labute approximate surface area is 166 Å². The van der Waals surface area contributed by atoms with Crippen molar-refractivity contribution in [2.45, 2.75) is 51.5 Å². The average molecular weight is 387 g/mol. The Bertz CT molecular complexity index is 756. The standard InChI is InChI=1S/C20H30N6O2/c1-20(2,3)16-4-5-17(22-21-16)26-10-8-25(9-11-26)14-18-23-24-19(28-18)15-6-12-27-13-7-15/h4-5,15H,6-14H2,1-3H3. The van der Waals surface area contributed by atoms with Crippen molar-refractivity contribution < 1.29 is 9.15 Å². The van der Waals surface area contributed by atoms with Gasteiger partial charge in [0.15, 0.2) is 5.82 Å². The summed E-state index contributed by atoms with van der Waals surface area (Å²) in [6, 6.07) is 4.17. The van der Waals surface area contributed by atoms with Crippen molar-refractivity contribution >= 4 is 5.82 Å². The van der Waals surface area contributed by atoms with Gasteiger partial charge >= 0.3 is 0 Å². The third-order valence-electron chi connectivity index (χ3n) is 5.53. The molecule has 152 valence electrons. The van der Waals surface area contributed by atoms with E-state index in [9.17, 15) is 0 Å². The monoisotopic (exact) mass is 386 g/mol. The van der Waals surface area contributed by atoms with E-state index < -0.39 is 0 Å². The number of rotatable bonds is 4. The van der Waals surface area contributed by atoms with Crippen molar-refractivity contribution in [3.05, 3.63) is 29.6 Å². The van der Waals surface area contributed by atoms with Crippen molar-refractivity contribution in [1.29, 1.82) is 0 Å². The fourth-order valence-electron chi connectivity index (χ4n) is 3.66. The van der Waals surface area contributed by atoms with Crippen LogP contribution in [-0.2, 0) is 16.7 Å². The molecule has 4 heterocycles. The number of piperazine rings is 1. The second kappa shape index (κ2) is 8.13. The van der Waals surface area contributed by atoms with Crippen LogP contribution in [0.5, 0.6) is 0 Å². The highest BCUT2D eigenvalue weighted by Crippen LogP contribution is 2.26. The third-order valence-corrected chi connectivity index (χ3v) is 5.53. The predicted molar refractivity (Wildman–Crippen MR) is 105 cm³/mol. The largest absolute Gasteiger partial charge is 0.424 e. The van der Waals surface area contributed by atoms with Gasteiger partial charge in [0.05, 0.1) is 12.2 Å². The van der Waals surface area contributed by atoms with Gasteiger partial charge in [-0.1, -0.05) is 20.8 Å². The van der Waals surface area contributed by atoms with Gasteiger partial charge in [0.1, 0.15) is 0 Å². The minimum absolute atomic E-state index is 0.0256. The molecular weight excluding hydrogens is 356 g/mol. The van der Waals surface area contributed by atoms with Crippen LogP contribution in [0.3, 0.4) is 0 Å². The van der Waals surface area contributed by atoms with Crippen LogP contribution in [0, 0.1) is 0 Å². The Hall–Kier alpha value is -2.06. The molecule has 0 spiro atoms. The molecule has 0 N–H and O–H groups in total. The second-order valence-corrected chi connectivity index (χ2v) is 8.71. The van der Waals surface area contributed by atoms with E-state index in [2.05, 4.69) is 63.1 Å². The van der Waals surface area contributed by atoms with Crippen LogP contribution in [0.15, 0.2) is 16.5 Å². The molecule has 2 aromatic heterocycles. The van der Waals surface area contributed by atoms with Crippen molar-refractivity contribution in [3.8, 4) is 0 Å². The van der Waals surface area contributed by atoms with Crippen LogP contribution >= 0.6 is 0 Å². The van der Waals surface area contributed by atoms with Crippen LogP contribution in [0.1, 0.15) is 57.0 Å². The van der Waals surface area contributed by atoms with Gasteiger partial charge in [0.2, 0.25) is 11.8 Å². The Morgan fingerprint density at radius 1 is 0.964 bits per heavy atom. The van der Waals surface area contributed by atoms with E-state index in [1.54, 1.807) is 0 Å². The van der Waals surface area contributed by atoms with Gasteiger partial charge in [-0.15, -0.1) is 15.3 Å². The van der Waals surface area contributed by atoms with Gasteiger partial charge in [0.25, 0.3) is 0 Å². The summed E-state index contributed by atoms with van der Waals surface area (Å²) in [4.78, 5) is 4.64. The molecule has 2 fully saturated rings. The summed E-state index contributed by atoms with van der Waals surface area (Å²) in [5.41, 5.74) is 1.05. The topological polar surface area (TPSA) is 80.4 Å². The maximum Gasteiger partial charge on any atom is 0.230 e. The zero-order chi connectivity index (χ0) is 19.6. The zero-order valence-corrected chi connectivity index (χ0v) is 17.1. The van der Waals surface area contributed by atoms with Gasteiger partial charge in [-0.25, -0.2) is 0 Å². The van der Waals surface area contributed by atoms with Crippen molar-refractivity contribution in [1.82, 2.24) is 25.3 Å². The molecule has 2 saturated heterocycles. The quantitative estimate of drug-likeness (QED) is 0.792. The zero-order valence-electron chi connectivity index (χ0n) is 17.1. The van der Waals surface area contributed by atoms with Crippen LogP contribution in [0.2, 0.25) is 0 Å². The number of anilines is 1. The lowest BCUT2D eigenvalue weighted by atomic mass is 9.92. The first-order chi connectivity index (χ1) is 13.5. The summed E-state index contributed by atoms with van der Waals surface area (Å²) < 4.78 is 11.3. The van der Waals surface area contributed by atoms with Crippen LogP contribution in [0.4, 0.5) is 5.82 Å². The first kappa shape index (κ1) is 19.3. The molecule has 2 aliphatic rings. The van der Waals surface area contributed by atoms with E-state index >= 15 is 0 Å². The number of hydrogen-bond acceptors (Lipinski definition) is 8. The van der Waals surface area contributed by atoms with E-state index in [0.717, 1.165) is 69.6 Å². The van der Waals surface area contributed by atoms with Gasteiger partial charge in [-0.3, -0.25) is 4.90 Å². The molecular formula is C20H30N6O2. The molecule has 0 aliphatic carbocycles. The minimum Gasteiger partial charge on any atom is -0.424 e. The fraction of sp³-hybridized carbons (Fsp3) is 0.700. The number of nitrogens with zero attached hydrogens (tertiary/aromatic N) is 6. The summed E-state index contributed by atoms with van der Waals surface area (Å²) in [5.74, 6) is 2.78. The maximum atomic E-state index is 5.93. The number of hydrogen-bond donors (Lipinski definition) is 0. The highest BCUT2D eigenvalue weighted by molar-refractivity contribution is 5.38. The van der Waals surface area contributed by atoms with Gasteiger partial charge in [-0.2, -0.15) is 5.10 Å². The van der Waals surface area contributed by atoms with Crippen molar-refractivity contribution in [2.24, 2.45) is 0 Å². The lowest BCUT2D eigenvalue weighted by Gasteiger charge is -2.34. The van der Waals surface area contributed by atoms with Crippen molar-refractivity contribution in [3.63, 3.8) is 0 Å². The minimum atomic E-state index is 0.0256. The van der Waals surface area contributed by atoms with E-state index in [1.165, 1.54) is 0 Å². The lowest BCUT2D eigenvalue weighted by Crippen LogP contribution is -2.46. The summed E-state index contributed by atoms with van der Waals surface area (Å²) in [6.45, 7) is 12.5. The molecule has 0 aromatic carbocycles. The summed E-state index contributed by atoms with van der Waals surface area (Å²) >= 11 is 0. The highest BCUT2D eigenvalue weighted by atomic mass is 16.5.